The molecule has 106 heavy (non-hydrogen) atoms. The lowest BCUT2D eigenvalue weighted by Gasteiger charge is -2.57. The summed E-state index contributed by atoms with van der Waals surface area (Å²) in [6, 6.07) is 42.2. The van der Waals surface area contributed by atoms with Crippen molar-refractivity contribution in [2.45, 2.75) is 187 Å². The van der Waals surface area contributed by atoms with Gasteiger partial charge >= 0.3 is 17.6 Å². The van der Waals surface area contributed by atoms with E-state index in [9.17, 15) is 15.3 Å². The zero-order valence-electron chi connectivity index (χ0n) is 60.8. The van der Waals surface area contributed by atoms with Crippen LogP contribution in [0, 0.1) is 46.8 Å². The first kappa shape index (κ1) is 65.8. The average Bonchev–Trinajstić information content (AvgIpc) is 1.28. The van der Waals surface area contributed by atoms with Gasteiger partial charge in [0.1, 0.15) is 11.3 Å². The third kappa shape index (κ3) is 9.21. The van der Waals surface area contributed by atoms with Crippen molar-refractivity contribution in [3.8, 4) is 5.75 Å². The number of benzene rings is 6. The first-order valence-electron chi connectivity index (χ1n) is 40.1. The lowest BCUT2D eigenvalue weighted by atomic mass is 9.48. The molecule has 19 unspecified atom stereocenters. The van der Waals surface area contributed by atoms with Crippen LogP contribution in [0.5, 0.6) is 5.75 Å². The van der Waals surface area contributed by atoms with Crippen molar-refractivity contribution in [2.75, 3.05) is 26.9 Å². The summed E-state index contributed by atoms with van der Waals surface area (Å²) in [7, 11) is 1.54. The topological polar surface area (TPSA) is 162 Å². The molecule has 3 spiro atoms. The normalized spacial score (nSPS) is 35.2. The SMILES string of the molecule is COCC(CCO)c1c(CO)c2ccc3c(c2oc1=O)C1OC(=O)CC2CC4C=CC2c2ccc5c(c2)C2CC(C5CC(=C(C)CO)C(=O)OC1C1(CC=CC5(C2)C2C=Cc6ccccc6C2CC51)O3)C12CCCC1C=Cc1cc(ccc12)Cc1ccc2c(c1)C13c5cccc4c5CCC1CCCC3C=C2. The van der Waals surface area contributed by atoms with Gasteiger partial charge in [-0.1, -0.05) is 171 Å². The Kier molecular flexibility index (Phi) is 15.2. The molecular formula is C95H94O11. The van der Waals surface area contributed by atoms with E-state index in [1.165, 1.54) is 90.7 Å². The van der Waals surface area contributed by atoms with Crippen molar-refractivity contribution in [2.24, 2.45) is 46.8 Å². The maximum atomic E-state index is 17.1. The molecule has 0 amide bonds. The Balaban J connectivity index is 0.853. The number of aliphatic hydroxyl groups excluding tert-OH is 3. The zero-order chi connectivity index (χ0) is 71.3. The van der Waals surface area contributed by atoms with Gasteiger partial charge in [-0.3, -0.25) is 4.79 Å². The van der Waals surface area contributed by atoms with Crippen LogP contribution in [0.25, 0.3) is 29.2 Å². The second kappa shape index (κ2) is 24.5. The van der Waals surface area contributed by atoms with Crippen molar-refractivity contribution in [3.63, 3.8) is 0 Å². The van der Waals surface area contributed by atoms with Crippen LogP contribution in [0.4, 0.5) is 0 Å². The molecule has 5 heterocycles. The highest BCUT2D eigenvalue weighted by Gasteiger charge is 2.71. The first-order chi connectivity index (χ1) is 51.9. The fraction of sp³-hybridized carbons (Fsp3) is 0.442. The molecule has 29 rings (SSSR count). The minimum absolute atomic E-state index is 0.00584. The van der Waals surface area contributed by atoms with Crippen LogP contribution in [0.2, 0.25) is 0 Å². The molecule has 22 aliphatic rings. The molecule has 1 saturated heterocycles. The van der Waals surface area contributed by atoms with Gasteiger partial charge in [0.25, 0.3) is 0 Å². The lowest BCUT2D eigenvalue weighted by Crippen LogP contribution is -2.64. The molecule has 11 heteroatoms. The minimum Gasteiger partial charge on any atom is -0.482 e. The van der Waals surface area contributed by atoms with Crippen LogP contribution < -0.4 is 10.4 Å². The summed E-state index contributed by atoms with van der Waals surface area (Å²) in [6.45, 7) is 0.778. The molecule has 23 bridgehead atoms. The molecule has 3 saturated carbocycles. The van der Waals surface area contributed by atoms with E-state index in [-0.39, 0.29) is 119 Å². The number of aliphatic hydroxyl groups is 3. The fourth-order valence-corrected chi connectivity index (χ4v) is 26.5. The van der Waals surface area contributed by atoms with Gasteiger partial charge in [0.2, 0.25) is 0 Å². The Morgan fingerprint density at radius 2 is 1.57 bits per heavy atom. The molecule has 0 radical (unpaired) electrons. The number of methoxy groups -OCH3 is 1. The zero-order valence-corrected chi connectivity index (χ0v) is 60.8. The number of hydrogen-bond acceptors (Lipinski definition) is 11. The smallest absolute Gasteiger partial charge is 0.340 e. The Labute approximate surface area is 620 Å². The second-order valence-electron chi connectivity index (χ2n) is 34.7. The standard InChI is InChI=1S/C95H94O11/c1-52(49-97)72-46-74-69-28-22-58-43-73(69)62-44-81(74)93-36-7-12-63(93)24-20-59-40-53(17-31-77(59)93)39-54-16-18-56-19-25-64-10-5-11-65-26-29-70-68(14-6-15-79(70)95(64,65)80(56)41-54)57-21-27-66(58)61(42-57)45-84(99)103-88-86-82(33-30-71-76(50-98)85(91(101)104-87(71)86)60(34-38-96)51-102-2)106-94(89(88)105-90(72)100)37-8-35-92(48-62)78-32-23-55-9-3-4-13-67(55)75(78)47-83(92)94/h3-4,6,8-9,13-25,27-28,30-33,35,40-41,43,57,60-66,74-75,78,81,83,88-89,96-98H,5,7,10-12,26,29,34,36-39,42,44-51H2,1-2H3. The van der Waals surface area contributed by atoms with Gasteiger partial charge in [-0.05, 0) is 245 Å². The predicted molar refractivity (Wildman–Crippen MR) is 408 cm³/mol. The highest BCUT2D eigenvalue weighted by Crippen LogP contribution is 2.73. The lowest BCUT2D eigenvalue weighted by molar-refractivity contribution is -0.210. The number of rotatable bonds is 7. The molecule has 6 aromatic carbocycles. The number of carbonyl (C=O) groups is 2. The summed E-state index contributed by atoms with van der Waals surface area (Å²) in [5.41, 5.74) is 17.1. The molecular weight excluding hydrogens is 1320 g/mol. The van der Waals surface area contributed by atoms with Crippen LogP contribution in [0.1, 0.15) is 239 Å². The first-order valence-corrected chi connectivity index (χ1v) is 40.1. The number of allylic oxidation sites excluding steroid dienone is 6. The number of ether oxygens (including phenoxy) is 4. The maximum absolute atomic E-state index is 17.1. The van der Waals surface area contributed by atoms with E-state index in [4.69, 9.17) is 23.4 Å². The van der Waals surface area contributed by atoms with Crippen molar-refractivity contribution in [1.82, 2.24) is 0 Å². The summed E-state index contributed by atoms with van der Waals surface area (Å²) in [6.07, 6.45) is 35.3. The number of hydrogen-bond donors (Lipinski definition) is 3. The van der Waals surface area contributed by atoms with Crippen molar-refractivity contribution >= 4 is 41.1 Å². The summed E-state index contributed by atoms with van der Waals surface area (Å²) >= 11 is 0. The van der Waals surface area contributed by atoms with E-state index in [1.807, 2.05) is 19.1 Å². The number of fused-ring (bicyclic) bond motifs is 10. The van der Waals surface area contributed by atoms with Crippen LogP contribution in [-0.2, 0) is 54.1 Å². The Morgan fingerprint density at radius 3 is 2.45 bits per heavy atom. The van der Waals surface area contributed by atoms with Crippen LogP contribution in [0.15, 0.2) is 172 Å². The molecule has 4 aliphatic heterocycles. The maximum Gasteiger partial charge on any atom is 0.340 e. The van der Waals surface area contributed by atoms with Gasteiger partial charge in [0, 0.05) is 83.0 Å². The molecule has 7 aromatic rings. The monoisotopic (exact) mass is 1410 g/mol. The van der Waals surface area contributed by atoms with E-state index in [1.54, 1.807) is 7.11 Å². The van der Waals surface area contributed by atoms with Gasteiger partial charge in [-0.15, -0.1) is 0 Å². The molecule has 540 valence electrons. The van der Waals surface area contributed by atoms with Crippen molar-refractivity contribution in [3.05, 3.63) is 268 Å². The molecule has 11 nitrogen and oxygen atoms in total. The molecule has 3 N–H and O–H groups in total. The van der Waals surface area contributed by atoms with Crippen LogP contribution in [-0.4, -0.2) is 65.9 Å². The third-order valence-corrected chi connectivity index (χ3v) is 30.5. The molecule has 18 aliphatic carbocycles. The second-order valence-corrected chi connectivity index (χ2v) is 34.7. The molecule has 19 atom stereocenters. The Bertz CT molecular complexity index is 5150. The Hall–Kier alpha value is -8.45. The molecule has 4 fully saturated rings. The van der Waals surface area contributed by atoms with E-state index >= 15 is 14.4 Å². The van der Waals surface area contributed by atoms with Gasteiger partial charge in [-0.2, -0.15) is 0 Å². The van der Waals surface area contributed by atoms with E-state index in [0.717, 1.165) is 57.8 Å². The highest BCUT2D eigenvalue weighted by molar-refractivity contribution is 5.91. The largest absolute Gasteiger partial charge is 0.482 e. The quantitative estimate of drug-likeness (QED) is 0.0603. The van der Waals surface area contributed by atoms with E-state index in [0.29, 0.717) is 65.4 Å². The van der Waals surface area contributed by atoms with Gasteiger partial charge in [-0.25, -0.2) is 9.59 Å². The van der Waals surface area contributed by atoms with Gasteiger partial charge in [0.15, 0.2) is 17.8 Å². The van der Waals surface area contributed by atoms with E-state index < -0.39 is 53.3 Å². The number of carbonyl (C=O) groups excluding carboxylic acids is 2. The summed E-state index contributed by atoms with van der Waals surface area (Å²) < 4.78 is 35.8. The van der Waals surface area contributed by atoms with Crippen LogP contribution >= 0.6 is 0 Å². The highest BCUT2D eigenvalue weighted by atomic mass is 16.6. The minimum atomic E-state index is -1.41. The van der Waals surface area contributed by atoms with Crippen molar-refractivity contribution < 1.29 is 48.3 Å². The van der Waals surface area contributed by atoms with Crippen molar-refractivity contribution in [1.29, 1.82) is 0 Å². The van der Waals surface area contributed by atoms with Crippen LogP contribution in [0.3, 0.4) is 0 Å². The summed E-state index contributed by atoms with van der Waals surface area (Å²) in [5, 5.41) is 34.3. The summed E-state index contributed by atoms with van der Waals surface area (Å²) in [5.74, 6) is -1.26. The average molecular weight is 1410 g/mol. The third-order valence-electron chi connectivity index (χ3n) is 30.5. The summed E-state index contributed by atoms with van der Waals surface area (Å²) in [4.78, 5) is 49.0. The predicted octanol–water partition coefficient (Wildman–Crippen LogP) is 17.6. The fourth-order valence-electron chi connectivity index (χ4n) is 26.5. The van der Waals surface area contributed by atoms with Gasteiger partial charge in [0.05, 0.1) is 25.4 Å². The number of esters is 2. The van der Waals surface area contributed by atoms with Gasteiger partial charge < -0.3 is 38.7 Å². The van der Waals surface area contributed by atoms with E-state index in [2.05, 4.69) is 158 Å². The molecule has 1 aromatic heterocycles. The Morgan fingerprint density at radius 1 is 0.717 bits per heavy atom.